The maximum atomic E-state index is 12.1. The lowest BCUT2D eigenvalue weighted by Crippen LogP contribution is -2.22. The van der Waals surface area contributed by atoms with E-state index in [0.717, 1.165) is 12.5 Å². The van der Waals surface area contributed by atoms with Crippen LogP contribution < -0.4 is 4.74 Å². The molecule has 2 aliphatic rings. The van der Waals surface area contributed by atoms with Crippen molar-refractivity contribution in [2.75, 3.05) is 33.8 Å². The summed E-state index contributed by atoms with van der Waals surface area (Å²) in [6.07, 6.45) is 2.74. The summed E-state index contributed by atoms with van der Waals surface area (Å²) < 4.78 is 31.1. The maximum absolute atomic E-state index is 12.1. The summed E-state index contributed by atoms with van der Waals surface area (Å²) in [5.41, 5.74) is 0. The van der Waals surface area contributed by atoms with E-state index in [2.05, 4.69) is 4.90 Å². The zero-order valence-electron chi connectivity index (χ0n) is 12.5. The van der Waals surface area contributed by atoms with Crippen molar-refractivity contribution in [3.63, 3.8) is 0 Å². The van der Waals surface area contributed by atoms with Gasteiger partial charge in [-0.1, -0.05) is 6.07 Å². The van der Waals surface area contributed by atoms with Gasteiger partial charge in [-0.05, 0) is 30.9 Å². The van der Waals surface area contributed by atoms with Gasteiger partial charge >= 0.3 is 0 Å². The fourth-order valence-corrected chi connectivity index (χ4v) is 3.30. The quantitative estimate of drug-likeness (QED) is 0.715. The first kappa shape index (κ1) is 14.8. The average molecular weight is 310 g/mol. The Morgan fingerprint density at radius 2 is 2.10 bits per heavy atom. The van der Waals surface area contributed by atoms with Gasteiger partial charge in [-0.2, -0.15) is 0 Å². The summed E-state index contributed by atoms with van der Waals surface area (Å²) in [5, 5.41) is 0. The van der Waals surface area contributed by atoms with Crippen molar-refractivity contribution in [1.29, 1.82) is 0 Å². The minimum absolute atomic E-state index is 0.274. The topological polar surface area (TPSA) is 49.6 Å². The molecule has 0 N–H and O–H groups in total. The third-order valence-electron chi connectivity index (χ3n) is 4.04. The lowest BCUT2D eigenvalue weighted by Gasteiger charge is -2.12. The van der Waals surface area contributed by atoms with E-state index in [0.29, 0.717) is 18.4 Å². The van der Waals surface area contributed by atoms with Gasteiger partial charge in [0.05, 0.1) is 10.9 Å². The molecule has 0 bridgehead atoms. The highest BCUT2D eigenvalue weighted by Crippen LogP contribution is 2.33. The van der Waals surface area contributed by atoms with E-state index in [1.807, 2.05) is 6.07 Å². The molecule has 0 spiro atoms. The third-order valence-corrected chi connectivity index (χ3v) is 5.86. The highest BCUT2D eigenvalue weighted by molar-refractivity contribution is 7.89. The molecule has 1 aromatic rings. The van der Waals surface area contributed by atoms with E-state index < -0.39 is 10.0 Å². The molecule has 1 aliphatic heterocycles. The smallest absolute Gasteiger partial charge is 0.242 e. The van der Waals surface area contributed by atoms with Gasteiger partial charge < -0.3 is 4.74 Å². The van der Waals surface area contributed by atoms with Crippen LogP contribution in [0.3, 0.4) is 0 Å². The molecule has 6 heteroatoms. The standard InChI is InChI=1S/C15H22N2O3S/c1-16(2)21(18,19)15-5-3-4-14(8-15)20-11-13-10-17(13)9-12-6-7-12/h3-5,8,12-13H,6-7,9-11H2,1-2H3. The van der Waals surface area contributed by atoms with Gasteiger partial charge in [0, 0.05) is 33.3 Å². The van der Waals surface area contributed by atoms with Gasteiger partial charge in [0.1, 0.15) is 12.4 Å². The number of benzene rings is 1. The molecule has 1 saturated carbocycles. The van der Waals surface area contributed by atoms with Gasteiger partial charge in [-0.25, -0.2) is 12.7 Å². The molecule has 0 amide bonds. The van der Waals surface area contributed by atoms with Gasteiger partial charge in [0.15, 0.2) is 0 Å². The second-order valence-corrected chi connectivity index (χ2v) is 8.28. The van der Waals surface area contributed by atoms with Crippen molar-refractivity contribution >= 4 is 10.0 Å². The molecule has 21 heavy (non-hydrogen) atoms. The molecule has 5 nitrogen and oxygen atoms in total. The van der Waals surface area contributed by atoms with E-state index in [1.165, 1.54) is 37.8 Å². The summed E-state index contributed by atoms with van der Waals surface area (Å²) in [7, 11) is -0.337. The van der Waals surface area contributed by atoms with Crippen LogP contribution in [0.2, 0.25) is 0 Å². The molecular weight excluding hydrogens is 288 g/mol. The Morgan fingerprint density at radius 1 is 1.33 bits per heavy atom. The average Bonchev–Trinajstić information content (AvgIpc) is 3.36. The lowest BCUT2D eigenvalue weighted by atomic mass is 10.3. The molecule has 1 saturated heterocycles. The van der Waals surface area contributed by atoms with Crippen LogP contribution >= 0.6 is 0 Å². The summed E-state index contributed by atoms with van der Waals surface area (Å²) in [4.78, 5) is 2.70. The first-order chi connectivity index (χ1) is 9.96. The molecular formula is C15H22N2O3S. The molecule has 2 fully saturated rings. The second kappa shape index (κ2) is 5.59. The van der Waals surface area contributed by atoms with Gasteiger partial charge in [-0.15, -0.1) is 0 Å². The number of hydrogen-bond acceptors (Lipinski definition) is 4. The fourth-order valence-electron chi connectivity index (χ4n) is 2.37. The Morgan fingerprint density at radius 3 is 2.76 bits per heavy atom. The van der Waals surface area contributed by atoms with Crippen molar-refractivity contribution in [2.24, 2.45) is 5.92 Å². The largest absolute Gasteiger partial charge is 0.492 e. The Balaban J connectivity index is 1.56. The van der Waals surface area contributed by atoms with Crippen LogP contribution in [-0.4, -0.2) is 57.5 Å². The zero-order chi connectivity index (χ0) is 15.0. The number of hydrogen-bond donors (Lipinski definition) is 0. The summed E-state index contributed by atoms with van der Waals surface area (Å²) in [6.45, 7) is 2.94. The molecule has 1 aliphatic carbocycles. The fraction of sp³-hybridized carbons (Fsp3) is 0.600. The predicted octanol–water partition coefficient (Wildman–Crippen LogP) is 1.41. The second-order valence-electron chi connectivity index (χ2n) is 6.12. The first-order valence-electron chi connectivity index (χ1n) is 7.36. The van der Waals surface area contributed by atoms with Crippen LogP contribution in [0.15, 0.2) is 29.2 Å². The SMILES string of the molecule is CN(C)S(=O)(=O)c1cccc(OCC2CN2CC2CC2)c1. The number of nitrogens with zero attached hydrogens (tertiary/aromatic N) is 2. The van der Waals surface area contributed by atoms with Crippen molar-refractivity contribution in [3.8, 4) is 5.75 Å². The predicted molar refractivity (Wildman–Crippen MR) is 80.9 cm³/mol. The van der Waals surface area contributed by atoms with Gasteiger partial charge in [0.25, 0.3) is 0 Å². The Labute approximate surface area is 126 Å². The molecule has 3 rings (SSSR count). The van der Waals surface area contributed by atoms with E-state index in [-0.39, 0.29) is 4.90 Å². The normalized spacial score (nSPS) is 25.1. The molecule has 0 radical (unpaired) electrons. The van der Waals surface area contributed by atoms with Crippen molar-refractivity contribution in [2.45, 2.75) is 23.8 Å². The summed E-state index contributed by atoms with van der Waals surface area (Å²) in [5.74, 6) is 1.53. The van der Waals surface area contributed by atoms with E-state index in [9.17, 15) is 8.42 Å². The van der Waals surface area contributed by atoms with Crippen molar-refractivity contribution < 1.29 is 13.2 Å². The molecule has 1 aromatic carbocycles. The highest BCUT2D eigenvalue weighted by Gasteiger charge is 2.38. The molecule has 116 valence electrons. The van der Waals surface area contributed by atoms with Gasteiger partial charge in [0.2, 0.25) is 10.0 Å². The van der Waals surface area contributed by atoms with Crippen molar-refractivity contribution in [3.05, 3.63) is 24.3 Å². The lowest BCUT2D eigenvalue weighted by molar-refractivity contribution is 0.291. The van der Waals surface area contributed by atoms with Crippen LogP contribution in [0.5, 0.6) is 5.75 Å². The van der Waals surface area contributed by atoms with E-state index >= 15 is 0 Å². The number of rotatable bonds is 7. The summed E-state index contributed by atoms with van der Waals surface area (Å²) in [6, 6.07) is 7.23. The zero-order valence-corrected chi connectivity index (χ0v) is 13.3. The first-order valence-corrected chi connectivity index (χ1v) is 8.80. The molecule has 0 aromatic heterocycles. The van der Waals surface area contributed by atoms with Gasteiger partial charge in [-0.3, -0.25) is 4.90 Å². The van der Waals surface area contributed by atoms with Crippen molar-refractivity contribution in [1.82, 2.24) is 9.21 Å². The van der Waals surface area contributed by atoms with E-state index in [1.54, 1.807) is 18.2 Å². The Kier molecular flexibility index (Phi) is 3.94. The maximum Gasteiger partial charge on any atom is 0.242 e. The Bertz CT molecular complexity index is 611. The van der Waals surface area contributed by atoms with Crippen LogP contribution in [0.1, 0.15) is 12.8 Å². The number of sulfonamides is 1. The van der Waals surface area contributed by atoms with E-state index in [4.69, 9.17) is 4.74 Å². The van der Waals surface area contributed by atoms with Crippen LogP contribution in [0.4, 0.5) is 0 Å². The summed E-state index contributed by atoms with van der Waals surface area (Å²) >= 11 is 0. The molecule has 2 atom stereocenters. The molecule has 2 unspecified atom stereocenters. The highest BCUT2D eigenvalue weighted by atomic mass is 32.2. The minimum Gasteiger partial charge on any atom is -0.492 e. The minimum atomic E-state index is -3.40. The van der Waals surface area contributed by atoms with Crippen LogP contribution in [0.25, 0.3) is 0 Å². The number of ether oxygens (including phenoxy) is 1. The van der Waals surface area contributed by atoms with Crippen LogP contribution in [0, 0.1) is 5.92 Å². The molecule has 1 heterocycles. The Hall–Kier alpha value is -1.11. The monoisotopic (exact) mass is 310 g/mol. The van der Waals surface area contributed by atoms with Crippen LogP contribution in [-0.2, 0) is 10.0 Å². The third kappa shape index (κ3) is 3.56.